The van der Waals surface area contributed by atoms with Gasteiger partial charge in [-0.25, -0.2) is 0 Å². The van der Waals surface area contributed by atoms with Gasteiger partial charge in [-0.1, -0.05) is 0 Å². The molecule has 0 atom stereocenters. The Morgan fingerprint density at radius 2 is 1.75 bits per heavy atom. The molecule has 120 valence electrons. The number of hydrogen-bond donors (Lipinski definition) is 1. The molecule has 0 aliphatic heterocycles. The zero-order valence-electron chi connectivity index (χ0n) is 13.7. The van der Waals surface area contributed by atoms with E-state index in [4.69, 9.17) is 5.26 Å². The molecule has 0 bridgehead atoms. The fraction of sp³-hybridized carbons (Fsp3) is 0.167. The van der Waals surface area contributed by atoms with E-state index < -0.39 is 0 Å². The third kappa shape index (κ3) is 2.68. The van der Waals surface area contributed by atoms with E-state index in [9.17, 15) is 4.79 Å². The van der Waals surface area contributed by atoms with Crippen molar-refractivity contribution in [1.82, 2.24) is 14.3 Å². The molecule has 1 amide bonds. The van der Waals surface area contributed by atoms with Gasteiger partial charge in [-0.15, -0.1) is 0 Å². The van der Waals surface area contributed by atoms with E-state index in [1.54, 1.807) is 35.1 Å². The lowest BCUT2D eigenvalue weighted by molar-refractivity contribution is 0.102. The van der Waals surface area contributed by atoms with Crippen LogP contribution in [-0.4, -0.2) is 20.3 Å². The Kier molecular flexibility index (Phi) is 3.92. The minimum absolute atomic E-state index is 0.240. The maximum atomic E-state index is 12.7. The highest BCUT2D eigenvalue weighted by Crippen LogP contribution is 2.21. The van der Waals surface area contributed by atoms with Crippen LogP contribution in [0.25, 0.3) is 5.82 Å². The second kappa shape index (κ2) is 6.05. The zero-order valence-corrected chi connectivity index (χ0v) is 13.7. The summed E-state index contributed by atoms with van der Waals surface area (Å²) < 4.78 is 3.69. The van der Waals surface area contributed by atoms with Crippen LogP contribution in [0.3, 0.4) is 0 Å². The smallest absolute Gasteiger partial charge is 0.261 e. The summed E-state index contributed by atoms with van der Waals surface area (Å²) in [7, 11) is 1.81. The molecule has 2 heterocycles. The van der Waals surface area contributed by atoms with Gasteiger partial charge in [0, 0.05) is 24.1 Å². The van der Waals surface area contributed by atoms with Crippen molar-refractivity contribution < 1.29 is 4.79 Å². The van der Waals surface area contributed by atoms with Crippen LogP contribution in [0.5, 0.6) is 0 Å². The average Bonchev–Trinajstić information content (AvgIpc) is 3.10. The monoisotopic (exact) mass is 319 g/mol. The van der Waals surface area contributed by atoms with Gasteiger partial charge in [0.15, 0.2) is 0 Å². The molecule has 24 heavy (non-hydrogen) atoms. The van der Waals surface area contributed by atoms with Crippen molar-refractivity contribution >= 4 is 11.6 Å². The number of aryl methyl sites for hydroxylation is 3. The molecule has 0 fully saturated rings. The molecule has 0 aliphatic carbocycles. The van der Waals surface area contributed by atoms with Crippen LogP contribution in [0.1, 0.15) is 27.3 Å². The first kappa shape index (κ1) is 15.6. The maximum absolute atomic E-state index is 12.7. The third-order valence-electron chi connectivity index (χ3n) is 3.91. The first-order valence-electron chi connectivity index (χ1n) is 7.50. The number of carbonyl (C=O) groups excluding carboxylic acids is 1. The lowest BCUT2D eigenvalue weighted by Gasteiger charge is -2.12. The number of rotatable bonds is 3. The van der Waals surface area contributed by atoms with Crippen molar-refractivity contribution in [3.05, 3.63) is 65.1 Å². The summed E-state index contributed by atoms with van der Waals surface area (Å²) in [5.74, 6) is 0.483. The molecular weight excluding hydrogens is 302 g/mol. The Morgan fingerprint density at radius 3 is 2.33 bits per heavy atom. The molecule has 6 heteroatoms. The van der Waals surface area contributed by atoms with Crippen LogP contribution in [0.15, 0.2) is 42.6 Å². The van der Waals surface area contributed by atoms with Gasteiger partial charge >= 0.3 is 0 Å². The van der Waals surface area contributed by atoms with E-state index in [0.717, 1.165) is 17.2 Å². The van der Waals surface area contributed by atoms with Gasteiger partial charge in [0.25, 0.3) is 5.91 Å². The number of hydrogen-bond acceptors (Lipinski definition) is 3. The minimum Gasteiger partial charge on any atom is -0.322 e. The second-order valence-electron chi connectivity index (χ2n) is 5.60. The quantitative estimate of drug-likeness (QED) is 0.806. The molecule has 0 saturated heterocycles. The van der Waals surface area contributed by atoms with Crippen molar-refractivity contribution in [3.8, 4) is 11.9 Å². The second-order valence-corrected chi connectivity index (χ2v) is 5.60. The zero-order chi connectivity index (χ0) is 17.3. The summed E-state index contributed by atoms with van der Waals surface area (Å²) in [6.45, 7) is 3.98. The summed E-state index contributed by atoms with van der Waals surface area (Å²) in [4.78, 5) is 12.7. The van der Waals surface area contributed by atoms with E-state index in [1.165, 1.54) is 0 Å². The summed E-state index contributed by atoms with van der Waals surface area (Å²) in [6.07, 6.45) is 1.56. The van der Waals surface area contributed by atoms with Crippen LogP contribution >= 0.6 is 0 Å². The number of benzene rings is 1. The van der Waals surface area contributed by atoms with Crippen LogP contribution in [-0.2, 0) is 7.05 Å². The number of nitrogens with one attached hydrogen (secondary N) is 1. The van der Waals surface area contributed by atoms with Crippen molar-refractivity contribution in [2.24, 2.45) is 7.05 Å². The van der Waals surface area contributed by atoms with E-state index in [1.807, 2.05) is 37.6 Å². The van der Waals surface area contributed by atoms with E-state index in [2.05, 4.69) is 16.5 Å². The number of aromatic nitrogens is 3. The summed E-state index contributed by atoms with van der Waals surface area (Å²) >= 11 is 0. The molecule has 3 aromatic rings. The Hall–Kier alpha value is -3.33. The van der Waals surface area contributed by atoms with Gasteiger partial charge in [0.1, 0.15) is 11.4 Å². The standard InChI is InChI=1S/C18H17N5O/c1-12-4-5-13(2)23(12)18-16(11-20-22(18)3)17(24)21-15-8-6-14(10-19)7-9-15/h4-9,11H,1-3H3,(H,21,24). The molecule has 3 rings (SSSR count). The number of amides is 1. The number of carbonyl (C=O) groups is 1. The Labute approximate surface area is 140 Å². The lowest BCUT2D eigenvalue weighted by atomic mass is 10.2. The fourth-order valence-corrected chi connectivity index (χ4v) is 2.69. The largest absolute Gasteiger partial charge is 0.322 e. The van der Waals surface area contributed by atoms with Gasteiger partial charge in [-0.2, -0.15) is 10.4 Å². The highest BCUT2D eigenvalue weighted by molar-refractivity contribution is 6.06. The van der Waals surface area contributed by atoms with Crippen LogP contribution in [0.4, 0.5) is 5.69 Å². The van der Waals surface area contributed by atoms with E-state index in [-0.39, 0.29) is 5.91 Å². The van der Waals surface area contributed by atoms with E-state index >= 15 is 0 Å². The average molecular weight is 319 g/mol. The van der Waals surface area contributed by atoms with Gasteiger partial charge < -0.3 is 9.88 Å². The first-order valence-corrected chi connectivity index (χ1v) is 7.50. The molecule has 6 nitrogen and oxygen atoms in total. The number of anilines is 1. The third-order valence-corrected chi connectivity index (χ3v) is 3.91. The number of nitriles is 1. The molecule has 0 saturated carbocycles. The highest BCUT2D eigenvalue weighted by Gasteiger charge is 2.19. The van der Waals surface area contributed by atoms with Crippen LogP contribution < -0.4 is 5.32 Å². The molecule has 0 unspecified atom stereocenters. The Morgan fingerprint density at radius 1 is 1.12 bits per heavy atom. The molecule has 2 aromatic heterocycles. The van der Waals surface area contributed by atoms with Gasteiger partial charge in [-0.05, 0) is 50.2 Å². The van der Waals surface area contributed by atoms with E-state index in [0.29, 0.717) is 16.8 Å². The van der Waals surface area contributed by atoms with Gasteiger partial charge in [-0.3, -0.25) is 9.48 Å². The topological polar surface area (TPSA) is 75.6 Å². The normalized spacial score (nSPS) is 10.4. The Bertz CT molecular complexity index is 921. The highest BCUT2D eigenvalue weighted by atomic mass is 16.1. The first-order chi connectivity index (χ1) is 11.5. The van der Waals surface area contributed by atoms with Crippen LogP contribution in [0.2, 0.25) is 0 Å². The van der Waals surface area contributed by atoms with Crippen LogP contribution in [0, 0.1) is 25.2 Å². The van der Waals surface area contributed by atoms with Gasteiger partial charge in [0.2, 0.25) is 0 Å². The molecule has 0 spiro atoms. The lowest BCUT2D eigenvalue weighted by Crippen LogP contribution is -2.16. The van der Waals surface area contributed by atoms with Crippen molar-refractivity contribution in [2.45, 2.75) is 13.8 Å². The molecule has 0 aliphatic rings. The summed E-state index contributed by atoms with van der Waals surface area (Å²) in [6, 6.07) is 12.8. The SMILES string of the molecule is Cc1ccc(C)n1-c1c(C(=O)Nc2ccc(C#N)cc2)cnn1C. The molecule has 1 N–H and O–H groups in total. The predicted molar refractivity (Wildman–Crippen MR) is 91.1 cm³/mol. The van der Waals surface area contributed by atoms with Crippen molar-refractivity contribution in [2.75, 3.05) is 5.32 Å². The van der Waals surface area contributed by atoms with Gasteiger partial charge in [0.05, 0.1) is 17.8 Å². The molecule has 0 radical (unpaired) electrons. The fourth-order valence-electron chi connectivity index (χ4n) is 2.69. The number of nitrogens with zero attached hydrogens (tertiary/aromatic N) is 4. The van der Waals surface area contributed by atoms with Crippen molar-refractivity contribution in [1.29, 1.82) is 5.26 Å². The Balaban J connectivity index is 1.95. The summed E-state index contributed by atoms with van der Waals surface area (Å²) in [5, 5.41) is 15.9. The summed E-state index contributed by atoms with van der Waals surface area (Å²) in [5.41, 5.74) is 3.74. The molecule has 1 aromatic carbocycles. The maximum Gasteiger partial charge on any atom is 0.261 e. The molecular formula is C18H17N5O. The predicted octanol–water partition coefficient (Wildman–Crippen LogP) is 2.95. The minimum atomic E-state index is -0.240. The van der Waals surface area contributed by atoms with Crippen molar-refractivity contribution in [3.63, 3.8) is 0 Å².